The van der Waals surface area contributed by atoms with E-state index >= 15 is 0 Å². The van der Waals surface area contributed by atoms with Crippen molar-refractivity contribution in [2.75, 3.05) is 25.4 Å². The Kier molecular flexibility index (Phi) is 7.29. The predicted molar refractivity (Wildman–Crippen MR) is 115 cm³/mol. The molecule has 0 N–H and O–H groups in total. The summed E-state index contributed by atoms with van der Waals surface area (Å²) in [6, 6.07) is 16.1. The highest BCUT2D eigenvalue weighted by atomic mass is 32.2. The Morgan fingerprint density at radius 1 is 1.31 bits per heavy atom. The summed E-state index contributed by atoms with van der Waals surface area (Å²) in [4.78, 5) is 17.2. The van der Waals surface area contributed by atoms with Gasteiger partial charge in [-0.2, -0.15) is 5.26 Å². The van der Waals surface area contributed by atoms with E-state index in [1.807, 2.05) is 23.1 Å². The molecule has 0 aliphatic carbocycles. The van der Waals surface area contributed by atoms with E-state index in [4.69, 9.17) is 5.26 Å². The molecule has 0 unspecified atom stereocenters. The van der Waals surface area contributed by atoms with Gasteiger partial charge in [0.05, 0.1) is 18.2 Å². The molecular formula is C23H26FN3OS. The van der Waals surface area contributed by atoms with Gasteiger partial charge in [0, 0.05) is 25.4 Å². The molecule has 0 radical (unpaired) electrons. The number of benzene rings is 2. The van der Waals surface area contributed by atoms with E-state index in [2.05, 4.69) is 24.8 Å². The smallest absolute Gasteiger partial charge is 0.237 e. The first-order chi connectivity index (χ1) is 14.0. The quantitative estimate of drug-likeness (QED) is 0.676. The molecule has 6 heteroatoms. The van der Waals surface area contributed by atoms with Crippen molar-refractivity contribution in [3.8, 4) is 6.07 Å². The number of carbonyl (C=O) groups excluding carboxylic acids is 1. The van der Waals surface area contributed by atoms with E-state index in [0.717, 1.165) is 23.4 Å². The summed E-state index contributed by atoms with van der Waals surface area (Å²) in [5.74, 6) is 1.11. The monoisotopic (exact) mass is 411 g/mol. The Bertz CT molecular complexity index is 878. The van der Waals surface area contributed by atoms with Crippen molar-refractivity contribution in [3.63, 3.8) is 0 Å². The van der Waals surface area contributed by atoms with Crippen LogP contribution < -0.4 is 0 Å². The van der Waals surface area contributed by atoms with Gasteiger partial charge in [-0.05, 0) is 41.3 Å². The average molecular weight is 412 g/mol. The highest BCUT2D eigenvalue weighted by molar-refractivity contribution is 7.99. The summed E-state index contributed by atoms with van der Waals surface area (Å²) >= 11 is 1.72. The van der Waals surface area contributed by atoms with Crippen molar-refractivity contribution in [2.45, 2.75) is 25.8 Å². The van der Waals surface area contributed by atoms with Gasteiger partial charge in [0.15, 0.2) is 0 Å². The van der Waals surface area contributed by atoms with Crippen LogP contribution in [0.2, 0.25) is 0 Å². The predicted octanol–water partition coefficient (Wildman–Crippen LogP) is 4.43. The third kappa shape index (κ3) is 5.81. The Labute approximate surface area is 176 Å². The first-order valence-electron chi connectivity index (χ1n) is 9.84. The van der Waals surface area contributed by atoms with Gasteiger partial charge in [-0.15, -0.1) is 11.8 Å². The van der Waals surface area contributed by atoms with Crippen LogP contribution in [0.5, 0.6) is 0 Å². The van der Waals surface area contributed by atoms with Gasteiger partial charge in [0.2, 0.25) is 5.91 Å². The zero-order valence-electron chi connectivity index (χ0n) is 16.8. The second-order valence-electron chi connectivity index (χ2n) is 7.74. The molecule has 0 bridgehead atoms. The second-order valence-corrected chi connectivity index (χ2v) is 8.93. The molecule has 3 rings (SSSR count). The highest BCUT2D eigenvalue weighted by Gasteiger charge is 2.31. The maximum Gasteiger partial charge on any atom is 0.237 e. The van der Waals surface area contributed by atoms with Gasteiger partial charge in [0.25, 0.3) is 0 Å². The van der Waals surface area contributed by atoms with E-state index in [1.165, 1.54) is 12.1 Å². The van der Waals surface area contributed by atoms with Gasteiger partial charge in [0.1, 0.15) is 11.2 Å². The van der Waals surface area contributed by atoms with Crippen LogP contribution in [-0.2, 0) is 11.3 Å². The fourth-order valence-electron chi connectivity index (χ4n) is 3.61. The highest BCUT2D eigenvalue weighted by Crippen LogP contribution is 2.38. The van der Waals surface area contributed by atoms with Crippen molar-refractivity contribution in [2.24, 2.45) is 5.92 Å². The normalized spacial score (nSPS) is 16.4. The summed E-state index contributed by atoms with van der Waals surface area (Å²) in [7, 11) is 0. The van der Waals surface area contributed by atoms with Gasteiger partial charge in [-0.1, -0.05) is 38.1 Å². The summed E-state index contributed by atoms with van der Waals surface area (Å²) in [6.07, 6.45) is 0. The van der Waals surface area contributed by atoms with E-state index in [1.54, 1.807) is 30.0 Å². The van der Waals surface area contributed by atoms with Crippen LogP contribution in [0.4, 0.5) is 4.39 Å². The number of carbonyl (C=O) groups is 1. The van der Waals surface area contributed by atoms with Crippen LogP contribution >= 0.6 is 11.8 Å². The fraction of sp³-hybridized carbons (Fsp3) is 0.391. The molecule has 0 saturated carbocycles. The van der Waals surface area contributed by atoms with Gasteiger partial charge >= 0.3 is 0 Å². The van der Waals surface area contributed by atoms with Crippen LogP contribution in [0.15, 0.2) is 48.5 Å². The molecule has 1 fully saturated rings. The molecule has 2 aromatic carbocycles. The summed E-state index contributed by atoms with van der Waals surface area (Å²) in [5.41, 5.74) is 2.62. The lowest BCUT2D eigenvalue weighted by atomic mass is 10.1. The number of halogens is 1. The minimum atomic E-state index is -0.266. The standard InChI is InChI=1S/C23H26FN3OS/c1-17(2)14-26(15-19-5-3-4-18(12-19)13-25)16-22(28)27-10-11-29-23(27)20-6-8-21(24)9-7-20/h3-9,12,17,23H,10-11,14-16H2,1-2H3/t23-/m0/s1. The molecule has 1 saturated heterocycles. The Balaban J connectivity index is 1.71. The molecule has 1 amide bonds. The summed E-state index contributed by atoms with van der Waals surface area (Å²) in [5, 5.41) is 9.07. The molecule has 1 heterocycles. The third-order valence-electron chi connectivity index (χ3n) is 4.81. The van der Waals surface area contributed by atoms with Crippen LogP contribution in [0, 0.1) is 23.1 Å². The lowest BCUT2D eigenvalue weighted by Gasteiger charge is -2.29. The number of nitrogens with zero attached hydrogens (tertiary/aromatic N) is 3. The molecule has 1 aliphatic rings. The van der Waals surface area contributed by atoms with E-state index in [-0.39, 0.29) is 17.1 Å². The summed E-state index contributed by atoms with van der Waals surface area (Å²) in [6.45, 7) is 6.72. The SMILES string of the molecule is CC(C)CN(CC(=O)N1CCS[C@H]1c1ccc(F)cc1)Cc1cccc(C#N)c1. The molecule has 1 atom stereocenters. The first kappa shape index (κ1) is 21.4. The summed E-state index contributed by atoms with van der Waals surface area (Å²) < 4.78 is 13.3. The third-order valence-corrected chi connectivity index (χ3v) is 6.07. The van der Waals surface area contributed by atoms with E-state index < -0.39 is 0 Å². The molecular weight excluding hydrogens is 385 g/mol. The van der Waals surface area contributed by atoms with Crippen LogP contribution in [-0.4, -0.2) is 41.1 Å². The van der Waals surface area contributed by atoms with Gasteiger partial charge in [-0.25, -0.2) is 4.39 Å². The van der Waals surface area contributed by atoms with Gasteiger partial charge in [-0.3, -0.25) is 9.69 Å². The van der Waals surface area contributed by atoms with Crippen molar-refractivity contribution in [3.05, 3.63) is 71.0 Å². The Morgan fingerprint density at radius 2 is 2.07 bits per heavy atom. The van der Waals surface area contributed by atoms with E-state index in [0.29, 0.717) is 31.1 Å². The topological polar surface area (TPSA) is 47.3 Å². The first-order valence-corrected chi connectivity index (χ1v) is 10.9. The zero-order chi connectivity index (χ0) is 20.8. The molecule has 1 aliphatic heterocycles. The maximum atomic E-state index is 13.3. The van der Waals surface area contributed by atoms with Crippen LogP contribution in [0.3, 0.4) is 0 Å². The molecule has 4 nitrogen and oxygen atoms in total. The molecule has 29 heavy (non-hydrogen) atoms. The second kappa shape index (κ2) is 9.91. The molecule has 2 aromatic rings. The Hall–Kier alpha value is -2.36. The number of hydrogen-bond donors (Lipinski definition) is 0. The number of hydrogen-bond acceptors (Lipinski definition) is 4. The molecule has 0 aromatic heterocycles. The van der Waals surface area contributed by atoms with Crippen molar-refractivity contribution >= 4 is 17.7 Å². The average Bonchev–Trinajstić information content (AvgIpc) is 3.18. The van der Waals surface area contributed by atoms with E-state index in [9.17, 15) is 9.18 Å². The maximum absolute atomic E-state index is 13.3. The van der Waals surface area contributed by atoms with Crippen LogP contribution in [0.1, 0.15) is 35.9 Å². The Morgan fingerprint density at radius 3 is 2.76 bits per heavy atom. The van der Waals surface area contributed by atoms with Crippen molar-refractivity contribution in [1.82, 2.24) is 9.80 Å². The molecule has 152 valence electrons. The number of nitriles is 1. The van der Waals surface area contributed by atoms with Gasteiger partial charge < -0.3 is 4.90 Å². The molecule has 0 spiro atoms. The fourth-order valence-corrected chi connectivity index (χ4v) is 4.89. The minimum absolute atomic E-state index is 0.0640. The van der Waals surface area contributed by atoms with Crippen molar-refractivity contribution in [1.29, 1.82) is 5.26 Å². The number of thioether (sulfide) groups is 1. The lowest BCUT2D eigenvalue weighted by molar-refractivity contribution is -0.132. The lowest BCUT2D eigenvalue weighted by Crippen LogP contribution is -2.41. The number of amides is 1. The number of rotatable bonds is 7. The largest absolute Gasteiger partial charge is 0.325 e. The van der Waals surface area contributed by atoms with Crippen molar-refractivity contribution < 1.29 is 9.18 Å². The zero-order valence-corrected chi connectivity index (χ0v) is 17.7. The van der Waals surface area contributed by atoms with Crippen LogP contribution in [0.25, 0.3) is 0 Å². The minimum Gasteiger partial charge on any atom is -0.325 e.